The summed E-state index contributed by atoms with van der Waals surface area (Å²) in [5.41, 5.74) is 3.52. The van der Waals surface area contributed by atoms with Gasteiger partial charge in [-0.3, -0.25) is 0 Å². The van der Waals surface area contributed by atoms with Gasteiger partial charge in [0, 0.05) is 5.38 Å². The Bertz CT molecular complexity index is 576. The highest BCUT2D eigenvalue weighted by molar-refractivity contribution is 7.09. The fraction of sp³-hybridized carbons (Fsp3) is 0.550. The third kappa shape index (κ3) is 6.15. The summed E-state index contributed by atoms with van der Waals surface area (Å²) in [4.78, 5) is 4.57. The highest BCUT2D eigenvalue weighted by atomic mass is 32.1. The molecule has 0 aliphatic heterocycles. The lowest BCUT2D eigenvalue weighted by Gasteiger charge is -2.33. The first-order valence-electron chi connectivity index (χ1n) is 8.97. The summed E-state index contributed by atoms with van der Waals surface area (Å²) in [5, 5.41) is 3.22. The van der Waals surface area contributed by atoms with Gasteiger partial charge in [0.1, 0.15) is 0 Å². The zero-order valence-electron chi connectivity index (χ0n) is 16.2. The summed E-state index contributed by atoms with van der Waals surface area (Å²) in [6.45, 7) is 17.0. The van der Waals surface area contributed by atoms with E-state index in [1.54, 1.807) is 11.3 Å². The third-order valence-corrected chi connectivity index (χ3v) is 10.3. The van der Waals surface area contributed by atoms with Crippen LogP contribution in [-0.4, -0.2) is 19.4 Å². The first-order chi connectivity index (χ1) is 11.4. The molecule has 4 heteroatoms. The summed E-state index contributed by atoms with van der Waals surface area (Å²) in [7, 11) is -1.65. The van der Waals surface area contributed by atoms with Gasteiger partial charge in [-0.1, -0.05) is 45.1 Å². The molecule has 0 N–H and O–H groups in total. The van der Waals surface area contributed by atoms with Crippen LogP contribution in [0.15, 0.2) is 35.3 Å². The molecule has 0 aliphatic rings. The van der Waals surface area contributed by atoms with Crippen LogP contribution in [0, 0.1) is 6.92 Å². The summed E-state index contributed by atoms with van der Waals surface area (Å²) in [6, 6.07) is 3.51. The Labute approximate surface area is 153 Å². The van der Waals surface area contributed by atoms with Crippen LogP contribution < -0.4 is 0 Å². The maximum atomic E-state index is 6.79. The first-order valence-corrected chi connectivity index (χ1v) is 12.4. The van der Waals surface area contributed by atoms with E-state index in [4.69, 9.17) is 4.43 Å². The molecule has 0 saturated carbocycles. The monoisotopic (exact) mass is 363 g/mol. The smallest absolute Gasteiger partial charge is 0.192 e. The molecule has 0 unspecified atom stereocenters. The normalized spacial score (nSPS) is 14.8. The number of nitrogens with zero attached hydrogens (tertiary/aromatic N) is 1. The van der Waals surface area contributed by atoms with Crippen molar-refractivity contribution >= 4 is 25.7 Å². The van der Waals surface area contributed by atoms with Gasteiger partial charge in [-0.2, -0.15) is 0 Å². The quantitative estimate of drug-likeness (QED) is 0.338. The Morgan fingerprint density at radius 1 is 1.29 bits per heavy atom. The first kappa shape index (κ1) is 21.1. The van der Waals surface area contributed by atoms with Crippen molar-refractivity contribution in [2.45, 2.75) is 72.2 Å². The van der Waals surface area contributed by atoms with Crippen LogP contribution in [0.4, 0.5) is 0 Å². The number of thiazole rings is 1. The molecule has 2 nitrogen and oxygen atoms in total. The molecule has 1 aromatic rings. The highest BCUT2D eigenvalue weighted by Gasteiger charge is 2.32. The van der Waals surface area contributed by atoms with E-state index in [0.29, 0.717) is 0 Å². The second kappa shape index (κ2) is 10.1. The van der Waals surface area contributed by atoms with Crippen molar-refractivity contribution in [1.82, 2.24) is 4.98 Å². The van der Waals surface area contributed by atoms with E-state index in [1.807, 2.05) is 13.0 Å². The van der Waals surface area contributed by atoms with Gasteiger partial charge in [0.25, 0.3) is 0 Å². The van der Waals surface area contributed by atoms with Crippen LogP contribution in [0.25, 0.3) is 6.08 Å². The van der Waals surface area contributed by atoms with Crippen molar-refractivity contribution < 1.29 is 4.43 Å². The van der Waals surface area contributed by atoms with Crippen LogP contribution in [0.2, 0.25) is 18.1 Å². The standard InChI is InChI=1S/C20H33NOSSi/c1-8-16(5)12-13-20(22-24(9-2,10-3)11-4)17(6)14-19-15-23-18(7)21-19/h8,12,14-15,20H,1,9-11,13H2,2-7H3/b16-12+,17-14+/t20-/m0/s1. The summed E-state index contributed by atoms with van der Waals surface area (Å²) >= 11 is 1.69. The average molecular weight is 364 g/mol. The molecule has 0 bridgehead atoms. The second-order valence-corrected chi connectivity index (χ2v) is 12.2. The van der Waals surface area contributed by atoms with Crippen molar-refractivity contribution in [2.75, 3.05) is 0 Å². The van der Waals surface area contributed by atoms with Gasteiger partial charge >= 0.3 is 0 Å². The lowest BCUT2D eigenvalue weighted by Crippen LogP contribution is -2.40. The summed E-state index contributed by atoms with van der Waals surface area (Å²) in [6.07, 6.45) is 7.36. The molecule has 1 rings (SSSR count). The molecule has 0 fully saturated rings. The van der Waals surface area contributed by atoms with Gasteiger partial charge in [0.05, 0.1) is 16.8 Å². The molecule has 1 aromatic heterocycles. The minimum absolute atomic E-state index is 0.133. The SMILES string of the molecule is C=C/C(C)=C/C[C@H](O[Si](CC)(CC)CC)/C(C)=C/c1csc(C)n1. The van der Waals surface area contributed by atoms with Gasteiger partial charge in [-0.25, -0.2) is 4.98 Å². The number of rotatable bonds is 10. The Kier molecular flexibility index (Phi) is 8.88. The Balaban J connectivity index is 3.07. The number of allylic oxidation sites excluding steroid dienone is 2. The van der Waals surface area contributed by atoms with Crippen LogP contribution in [0.3, 0.4) is 0 Å². The van der Waals surface area contributed by atoms with Gasteiger partial charge in [-0.15, -0.1) is 11.3 Å². The number of hydrogen-bond acceptors (Lipinski definition) is 3. The van der Waals surface area contributed by atoms with E-state index in [-0.39, 0.29) is 6.10 Å². The minimum atomic E-state index is -1.65. The molecule has 0 amide bonds. The maximum absolute atomic E-state index is 6.79. The molecule has 1 atom stereocenters. The lowest BCUT2D eigenvalue weighted by molar-refractivity contribution is 0.225. The molecule has 0 saturated heterocycles. The van der Waals surface area contributed by atoms with Gasteiger partial charge < -0.3 is 4.43 Å². The molecular weight excluding hydrogens is 330 g/mol. The van der Waals surface area contributed by atoms with E-state index in [0.717, 1.165) is 17.1 Å². The number of hydrogen-bond donors (Lipinski definition) is 0. The predicted octanol–water partition coefficient (Wildman–Crippen LogP) is 6.77. The Morgan fingerprint density at radius 2 is 1.92 bits per heavy atom. The zero-order valence-corrected chi connectivity index (χ0v) is 18.0. The molecule has 24 heavy (non-hydrogen) atoms. The van der Waals surface area contributed by atoms with E-state index < -0.39 is 8.32 Å². The molecule has 0 aromatic carbocycles. The topological polar surface area (TPSA) is 22.1 Å². The van der Waals surface area contributed by atoms with Crippen LogP contribution >= 0.6 is 11.3 Å². The van der Waals surface area contributed by atoms with Crippen molar-refractivity contribution in [2.24, 2.45) is 0 Å². The van der Waals surface area contributed by atoms with Crippen molar-refractivity contribution in [1.29, 1.82) is 0 Å². The van der Waals surface area contributed by atoms with Crippen molar-refractivity contribution in [3.8, 4) is 0 Å². The molecule has 0 spiro atoms. The highest BCUT2D eigenvalue weighted by Crippen LogP contribution is 2.28. The van der Waals surface area contributed by atoms with E-state index in [9.17, 15) is 0 Å². The largest absolute Gasteiger partial charge is 0.410 e. The van der Waals surface area contributed by atoms with Gasteiger partial charge in [-0.05, 0) is 57.0 Å². The maximum Gasteiger partial charge on any atom is 0.192 e. The van der Waals surface area contributed by atoms with Crippen LogP contribution in [0.5, 0.6) is 0 Å². The number of aromatic nitrogens is 1. The second-order valence-electron chi connectivity index (χ2n) is 6.42. The Hall–Kier alpha value is -0.973. The van der Waals surface area contributed by atoms with E-state index in [2.05, 4.69) is 63.7 Å². The fourth-order valence-electron chi connectivity index (χ4n) is 2.78. The average Bonchev–Trinajstić information content (AvgIpc) is 3.00. The Morgan fingerprint density at radius 3 is 2.38 bits per heavy atom. The minimum Gasteiger partial charge on any atom is -0.410 e. The number of aryl methyl sites for hydroxylation is 1. The van der Waals surface area contributed by atoms with Gasteiger partial charge in [0.15, 0.2) is 8.32 Å². The lowest BCUT2D eigenvalue weighted by atomic mass is 10.1. The predicted molar refractivity (Wildman–Crippen MR) is 111 cm³/mol. The zero-order chi connectivity index (χ0) is 18.2. The fourth-order valence-corrected chi connectivity index (χ4v) is 6.23. The van der Waals surface area contributed by atoms with Crippen LogP contribution in [-0.2, 0) is 4.43 Å². The summed E-state index contributed by atoms with van der Waals surface area (Å²) < 4.78 is 6.79. The summed E-state index contributed by atoms with van der Waals surface area (Å²) in [5.74, 6) is 0. The van der Waals surface area contributed by atoms with Crippen LogP contribution in [0.1, 0.15) is 51.7 Å². The molecule has 134 valence electrons. The van der Waals surface area contributed by atoms with Gasteiger partial charge in [0.2, 0.25) is 0 Å². The van der Waals surface area contributed by atoms with E-state index >= 15 is 0 Å². The van der Waals surface area contributed by atoms with E-state index in [1.165, 1.54) is 29.3 Å². The molecular formula is C20H33NOSSi. The molecule has 0 aliphatic carbocycles. The third-order valence-electron chi connectivity index (χ3n) is 4.82. The van der Waals surface area contributed by atoms with Crippen molar-refractivity contribution in [3.05, 3.63) is 46.0 Å². The molecule has 0 radical (unpaired) electrons. The van der Waals surface area contributed by atoms with Crippen molar-refractivity contribution in [3.63, 3.8) is 0 Å². The molecule has 1 heterocycles.